The number of aliphatic hydroxyl groups excluding tert-OH is 1. The van der Waals surface area contributed by atoms with Crippen molar-refractivity contribution in [3.63, 3.8) is 0 Å². The Hall–Kier alpha value is -1.84. The van der Waals surface area contributed by atoms with Gasteiger partial charge in [0.05, 0.1) is 6.04 Å². The summed E-state index contributed by atoms with van der Waals surface area (Å²) in [5.74, 6) is 0.500. The molecule has 2 aromatic rings. The molecule has 2 N–H and O–H groups in total. The fraction of sp³-hybridized carbons (Fsp3) is 0.455. The number of anilines is 1. The van der Waals surface area contributed by atoms with E-state index in [9.17, 15) is 5.11 Å². The summed E-state index contributed by atoms with van der Waals surface area (Å²) in [5, 5.41) is 13.0. The first kappa shape index (κ1) is 18.0. The third-order valence-corrected chi connectivity index (χ3v) is 5.25. The zero-order valence-corrected chi connectivity index (χ0v) is 15.2. The van der Waals surface area contributed by atoms with E-state index in [4.69, 9.17) is 0 Å². The molecule has 0 radical (unpaired) electrons. The van der Waals surface area contributed by atoms with Crippen molar-refractivity contribution in [1.29, 1.82) is 0 Å². The van der Waals surface area contributed by atoms with Crippen molar-refractivity contribution < 1.29 is 5.11 Å². The summed E-state index contributed by atoms with van der Waals surface area (Å²) in [7, 11) is 0. The van der Waals surface area contributed by atoms with Gasteiger partial charge in [0.1, 0.15) is 0 Å². The first-order valence-corrected chi connectivity index (χ1v) is 9.52. The quantitative estimate of drug-likeness (QED) is 0.783. The minimum atomic E-state index is 0.338. The topological polar surface area (TPSA) is 35.5 Å². The number of likely N-dealkylation sites (tertiary alicyclic amines) is 1. The van der Waals surface area contributed by atoms with E-state index >= 15 is 0 Å². The molecule has 1 heterocycles. The second-order valence-corrected chi connectivity index (χ2v) is 7.12. The average Bonchev–Trinajstić information content (AvgIpc) is 2.68. The van der Waals surface area contributed by atoms with Crippen LogP contribution in [0.25, 0.3) is 0 Å². The standard InChI is InChI=1S/C22H30N2O/c1-2-22(20-8-4-3-5-9-20)23-21-10-6-7-19(15-21)16-24-13-11-18(17-25)12-14-24/h3-10,15,18,22-23,25H,2,11-14,16-17H2,1H3. The first-order valence-electron chi connectivity index (χ1n) is 9.52. The number of nitrogens with one attached hydrogen (secondary N) is 1. The van der Waals surface area contributed by atoms with Gasteiger partial charge in [-0.2, -0.15) is 0 Å². The van der Waals surface area contributed by atoms with Gasteiger partial charge in [-0.25, -0.2) is 0 Å². The average molecular weight is 338 g/mol. The molecule has 0 amide bonds. The molecular weight excluding hydrogens is 308 g/mol. The van der Waals surface area contributed by atoms with E-state index in [0.717, 1.165) is 38.9 Å². The lowest BCUT2D eigenvalue weighted by Gasteiger charge is -2.31. The lowest BCUT2D eigenvalue weighted by Crippen LogP contribution is -2.34. The van der Waals surface area contributed by atoms with Crippen LogP contribution in [0, 0.1) is 5.92 Å². The second kappa shape index (κ2) is 9.02. The Bertz CT molecular complexity index is 635. The van der Waals surface area contributed by atoms with Gasteiger partial charge in [0.2, 0.25) is 0 Å². The van der Waals surface area contributed by atoms with E-state index in [1.165, 1.54) is 16.8 Å². The Labute approximate surface area is 151 Å². The lowest BCUT2D eigenvalue weighted by molar-refractivity contribution is 0.127. The fourth-order valence-corrected chi connectivity index (χ4v) is 3.65. The van der Waals surface area contributed by atoms with E-state index in [1.54, 1.807) is 0 Å². The van der Waals surface area contributed by atoms with E-state index in [0.29, 0.717) is 18.6 Å². The Balaban J connectivity index is 1.61. The number of rotatable bonds is 7. The molecule has 1 atom stereocenters. The summed E-state index contributed by atoms with van der Waals surface area (Å²) in [4.78, 5) is 2.50. The van der Waals surface area contributed by atoms with E-state index in [-0.39, 0.29) is 0 Å². The highest BCUT2D eigenvalue weighted by Gasteiger charge is 2.18. The number of hydrogen-bond acceptors (Lipinski definition) is 3. The molecule has 1 aliphatic heterocycles. The lowest BCUT2D eigenvalue weighted by atomic mass is 9.97. The first-order chi connectivity index (χ1) is 12.3. The van der Waals surface area contributed by atoms with Gasteiger partial charge in [-0.1, -0.05) is 49.4 Å². The van der Waals surface area contributed by atoms with Crippen LogP contribution in [-0.4, -0.2) is 29.7 Å². The minimum absolute atomic E-state index is 0.338. The molecule has 0 bridgehead atoms. The van der Waals surface area contributed by atoms with E-state index in [1.807, 2.05) is 0 Å². The Morgan fingerprint density at radius 1 is 1.08 bits per heavy atom. The van der Waals surface area contributed by atoms with Crippen molar-refractivity contribution in [2.24, 2.45) is 5.92 Å². The predicted molar refractivity (Wildman–Crippen MR) is 105 cm³/mol. The molecule has 2 aromatic carbocycles. The van der Waals surface area contributed by atoms with Crippen LogP contribution in [0.1, 0.15) is 43.4 Å². The summed E-state index contributed by atoms with van der Waals surface area (Å²) in [6.45, 7) is 5.73. The van der Waals surface area contributed by atoms with Gasteiger partial charge in [0.25, 0.3) is 0 Å². The van der Waals surface area contributed by atoms with Gasteiger partial charge >= 0.3 is 0 Å². The van der Waals surface area contributed by atoms with E-state index < -0.39 is 0 Å². The maximum Gasteiger partial charge on any atom is 0.0511 e. The number of piperidine rings is 1. The molecule has 0 spiro atoms. The van der Waals surface area contributed by atoms with Crippen LogP contribution < -0.4 is 5.32 Å². The molecule has 0 saturated carbocycles. The highest BCUT2D eigenvalue weighted by atomic mass is 16.3. The van der Waals surface area contributed by atoms with Crippen LogP contribution in [-0.2, 0) is 6.54 Å². The summed E-state index contributed by atoms with van der Waals surface area (Å²) >= 11 is 0. The SMILES string of the molecule is CCC(Nc1cccc(CN2CCC(CO)CC2)c1)c1ccccc1. The number of hydrogen-bond donors (Lipinski definition) is 2. The largest absolute Gasteiger partial charge is 0.396 e. The molecule has 1 aliphatic rings. The summed E-state index contributed by atoms with van der Waals surface area (Å²) in [6.07, 6.45) is 3.28. The maximum atomic E-state index is 9.28. The van der Waals surface area contributed by atoms with Gasteiger partial charge in [-0.3, -0.25) is 4.90 Å². The van der Waals surface area contributed by atoms with Crippen LogP contribution in [0.2, 0.25) is 0 Å². The maximum absolute atomic E-state index is 9.28. The van der Waals surface area contributed by atoms with Crippen molar-refractivity contribution in [2.75, 3.05) is 25.0 Å². The van der Waals surface area contributed by atoms with Crippen molar-refractivity contribution in [3.05, 3.63) is 65.7 Å². The molecular formula is C22H30N2O. The Kier molecular flexibility index (Phi) is 6.48. The van der Waals surface area contributed by atoms with Gasteiger partial charge in [0.15, 0.2) is 0 Å². The third-order valence-electron chi connectivity index (χ3n) is 5.25. The smallest absolute Gasteiger partial charge is 0.0511 e. The van der Waals surface area contributed by atoms with Gasteiger partial charge in [-0.15, -0.1) is 0 Å². The molecule has 3 rings (SSSR count). The van der Waals surface area contributed by atoms with Crippen LogP contribution in [0.3, 0.4) is 0 Å². The van der Waals surface area contributed by atoms with Gasteiger partial charge in [0, 0.05) is 18.8 Å². The number of benzene rings is 2. The molecule has 0 aromatic heterocycles. The number of aliphatic hydroxyl groups is 1. The zero-order valence-electron chi connectivity index (χ0n) is 15.2. The Morgan fingerprint density at radius 2 is 1.84 bits per heavy atom. The molecule has 1 saturated heterocycles. The summed E-state index contributed by atoms with van der Waals surface area (Å²) in [5.41, 5.74) is 3.88. The highest BCUT2D eigenvalue weighted by molar-refractivity contribution is 5.48. The molecule has 3 heteroatoms. The molecule has 25 heavy (non-hydrogen) atoms. The van der Waals surface area contributed by atoms with Crippen LogP contribution in [0.5, 0.6) is 0 Å². The van der Waals surface area contributed by atoms with Gasteiger partial charge < -0.3 is 10.4 Å². The summed E-state index contributed by atoms with van der Waals surface area (Å²) in [6, 6.07) is 19.8. The van der Waals surface area contributed by atoms with Crippen molar-refractivity contribution in [2.45, 2.75) is 38.8 Å². The highest BCUT2D eigenvalue weighted by Crippen LogP contribution is 2.24. The minimum Gasteiger partial charge on any atom is -0.396 e. The van der Waals surface area contributed by atoms with Crippen molar-refractivity contribution >= 4 is 5.69 Å². The fourth-order valence-electron chi connectivity index (χ4n) is 3.65. The third kappa shape index (κ3) is 5.07. The van der Waals surface area contributed by atoms with Gasteiger partial charge in [-0.05, 0) is 61.5 Å². The Morgan fingerprint density at radius 3 is 2.52 bits per heavy atom. The molecule has 134 valence electrons. The zero-order chi connectivity index (χ0) is 17.5. The molecule has 0 aliphatic carbocycles. The van der Waals surface area contributed by atoms with Crippen LogP contribution >= 0.6 is 0 Å². The van der Waals surface area contributed by atoms with Crippen LogP contribution in [0.4, 0.5) is 5.69 Å². The molecule has 1 unspecified atom stereocenters. The van der Waals surface area contributed by atoms with E-state index in [2.05, 4.69) is 71.7 Å². The van der Waals surface area contributed by atoms with Crippen molar-refractivity contribution in [3.8, 4) is 0 Å². The molecule has 3 nitrogen and oxygen atoms in total. The van der Waals surface area contributed by atoms with Crippen molar-refractivity contribution in [1.82, 2.24) is 4.90 Å². The monoisotopic (exact) mass is 338 g/mol. The normalized spacial score (nSPS) is 17.4. The number of nitrogens with zero attached hydrogens (tertiary/aromatic N) is 1. The summed E-state index contributed by atoms with van der Waals surface area (Å²) < 4.78 is 0. The predicted octanol–water partition coefficient (Wildman–Crippen LogP) is 4.45. The second-order valence-electron chi connectivity index (χ2n) is 7.12. The van der Waals surface area contributed by atoms with Crippen LogP contribution in [0.15, 0.2) is 54.6 Å². The molecule has 1 fully saturated rings.